The van der Waals surface area contributed by atoms with E-state index in [0.29, 0.717) is 0 Å². The molecule has 1 N–H and O–H groups in total. The maximum Gasteiger partial charge on any atom is 0.220 e. The van der Waals surface area contributed by atoms with Gasteiger partial charge in [-0.1, -0.05) is 0 Å². The maximum absolute atomic E-state index is 13.1. The van der Waals surface area contributed by atoms with Gasteiger partial charge in [0.2, 0.25) is 5.88 Å². The maximum atomic E-state index is 13.1. The molecule has 0 bridgehead atoms. The summed E-state index contributed by atoms with van der Waals surface area (Å²) < 4.78 is 51.2. The molecule has 3 aromatic rings. The van der Waals surface area contributed by atoms with E-state index in [2.05, 4.69) is 10.2 Å². The number of ketones is 1. The van der Waals surface area contributed by atoms with Crippen LogP contribution >= 0.6 is 0 Å². The number of aryl methyl sites for hydroxylation is 1. The third-order valence-corrected chi connectivity index (χ3v) is 6.12. The summed E-state index contributed by atoms with van der Waals surface area (Å²) in [4.78, 5) is 12.9. The van der Waals surface area contributed by atoms with Gasteiger partial charge in [0.1, 0.15) is 5.56 Å². The lowest BCUT2D eigenvalue weighted by Crippen LogP contribution is -2.17. The summed E-state index contributed by atoms with van der Waals surface area (Å²) in [5, 5.41) is 17.9. The molecule has 0 radical (unpaired) electrons. The number of carbonyl (C=O) groups excluding carboxylic acids is 1. The predicted molar refractivity (Wildman–Crippen MR) is 104 cm³/mol. The van der Waals surface area contributed by atoms with Gasteiger partial charge in [0.05, 0.1) is 22.5 Å². The number of aromatic nitrogens is 4. The van der Waals surface area contributed by atoms with Crippen molar-refractivity contribution >= 4 is 25.5 Å². The van der Waals surface area contributed by atoms with E-state index in [4.69, 9.17) is 0 Å². The molecule has 3 rings (SSSR count). The lowest BCUT2D eigenvalue weighted by Gasteiger charge is -2.17. The van der Waals surface area contributed by atoms with E-state index in [9.17, 15) is 26.7 Å². The van der Waals surface area contributed by atoms with Gasteiger partial charge in [-0.05, 0) is 18.2 Å². The fourth-order valence-electron chi connectivity index (χ4n) is 2.92. The number of aromatic hydroxyl groups is 1. The molecule has 0 aliphatic rings. The Kier molecular flexibility index (Phi) is 5.09. The third-order valence-electron chi connectivity index (χ3n) is 4.18. The van der Waals surface area contributed by atoms with Crippen LogP contribution in [0.1, 0.15) is 21.5 Å². The molecule has 0 spiro atoms. The Morgan fingerprint density at radius 1 is 1.10 bits per heavy atom. The standard InChI is InChI=1S/C17H18N4O6S2/c1-20-17(23)12(9-19-20)16(22)11-5-6-14(29(3,26)27)15(21-8-4-7-18-21)13(11)10-28(2,24)25/h4-9,23H,10H2,1-3H3. The Morgan fingerprint density at radius 3 is 2.28 bits per heavy atom. The van der Waals surface area contributed by atoms with Gasteiger partial charge in [0.25, 0.3) is 0 Å². The number of hydrogen-bond donors (Lipinski definition) is 1. The zero-order valence-corrected chi connectivity index (χ0v) is 17.4. The Labute approximate surface area is 167 Å². The second-order valence-corrected chi connectivity index (χ2v) is 10.7. The van der Waals surface area contributed by atoms with E-state index in [1.807, 2.05) is 0 Å². The van der Waals surface area contributed by atoms with Crippen LogP contribution in [-0.2, 0) is 32.5 Å². The first-order valence-electron chi connectivity index (χ1n) is 8.19. The first-order chi connectivity index (χ1) is 13.4. The number of sulfone groups is 2. The van der Waals surface area contributed by atoms with Crippen LogP contribution in [-0.4, -0.2) is 59.8 Å². The van der Waals surface area contributed by atoms with Crippen molar-refractivity contribution < 1.29 is 26.7 Å². The van der Waals surface area contributed by atoms with Gasteiger partial charge in [-0.2, -0.15) is 10.2 Å². The summed E-state index contributed by atoms with van der Waals surface area (Å²) in [5.41, 5.74) is -0.276. The van der Waals surface area contributed by atoms with Crippen LogP contribution in [0.3, 0.4) is 0 Å². The van der Waals surface area contributed by atoms with Gasteiger partial charge in [-0.25, -0.2) is 26.2 Å². The predicted octanol–water partition coefficient (Wildman–Crippen LogP) is 0.491. The summed E-state index contributed by atoms with van der Waals surface area (Å²) in [6.07, 6.45) is 5.96. The van der Waals surface area contributed by atoms with Gasteiger partial charge < -0.3 is 5.11 Å². The SMILES string of the molecule is Cn1ncc(C(=O)c2ccc(S(C)(=O)=O)c(-n3cccn3)c2CS(C)(=O)=O)c1O. The summed E-state index contributed by atoms with van der Waals surface area (Å²) >= 11 is 0. The van der Waals surface area contributed by atoms with E-state index in [-0.39, 0.29) is 27.3 Å². The largest absolute Gasteiger partial charge is 0.493 e. The molecule has 0 saturated carbocycles. The number of rotatable bonds is 6. The quantitative estimate of drug-likeness (QED) is 0.548. The zero-order valence-electron chi connectivity index (χ0n) is 15.8. The van der Waals surface area contributed by atoms with Crippen molar-refractivity contribution in [1.82, 2.24) is 19.6 Å². The van der Waals surface area contributed by atoms with Crippen LogP contribution in [0.2, 0.25) is 0 Å². The van der Waals surface area contributed by atoms with Crippen molar-refractivity contribution in [3.05, 3.63) is 53.5 Å². The fraction of sp³-hybridized carbons (Fsp3) is 0.235. The van der Waals surface area contributed by atoms with Crippen LogP contribution in [0.25, 0.3) is 5.69 Å². The van der Waals surface area contributed by atoms with Gasteiger partial charge in [0.15, 0.2) is 25.5 Å². The molecule has 1 aromatic carbocycles. The summed E-state index contributed by atoms with van der Waals surface area (Å²) in [5.74, 6) is -1.69. The van der Waals surface area contributed by atoms with Gasteiger partial charge >= 0.3 is 0 Å². The highest BCUT2D eigenvalue weighted by Gasteiger charge is 2.28. The molecule has 12 heteroatoms. The fourth-order valence-corrected chi connectivity index (χ4v) is 4.62. The van der Waals surface area contributed by atoms with Crippen molar-refractivity contribution in [2.75, 3.05) is 12.5 Å². The van der Waals surface area contributed by atoms with E-state index >= 15 is 0 Å². The van der Waals surface area contributed by atoms with E-state index in [1.54, 1.807) is 0 Å². The van der Waals surface area contributed by atoms with Crippen molar-refractivity contribution in [3.8, 4) is 11.6 Å². The Hall–Kier alpha value is -2.99. The van der Waals surface area contributed by atoms with Crippen LogP contribution < -0.4 is 0 Å². The average molecular weight is 438 g/mol. The van der Waals surface area contributed by atoms with Crippen LogP contribution in [0.15, 0.2) is 41.7 Å². The molecule has 154 valence electrons. The second kappa shape index (κ2) is 7.12. The highest BCUT2D eigenvalue weighted by atomic mass is 32.2. The minimum atomic E-state index is -3.78. The number of hydrogen-bond acceptors (Lipinski definition) is 8. The molecule has 10 nitrogen and oxygen atoms in total. The van der Waals surface area contributed by atoms with Gasteiger partial charge in [-0.15, -0.1) is 0 Å². The molecule has 2 heterocycles. The normalized spacial score (nSPS) is 12.2. The molecule has 0 fully saturated rings. The topological polar surface area (TPSA) is 141 Å². The molecule has 0 unspecified atom stereocenters. The Morgan fingerprint density at radius 2 is 1.79 bits per heavy atom. The Bertz CT molecular complexity index is 1310. The van der Waals surface area contributed by atoms with Crippen molar-refractivity contribution in [2.45, 2.75) is 10.6 Å². The number of nitrogens with zero attached hydrogens (tertiary/aromatic N) is 4. The smallest absolute Gasteiger partial charge is 0.220 e. The molecule has 0 aliphatic carbocycles. The van der Waals surface area contributed by atoms with Crippen molar-refractivity contribution in [1.29, 1.82) is 0 Å². The van der Waals surface area contributed by atoms with E-state index in [0.717, 1.165) is 23.4 Å². The Balaban J connectivity index is 2.40. The highest BCUT2D eigenvalue weighted by molar-refractivity contribution is 7.91. The van der Waals surface area contributed by atoms with Gasteiger partial charge in [-0.3, -0.25) is 4.79 Å². The first kappa shape index (κ1) is 20.7. The van der Waals surface area contributed by atoms with Crippen molar-refractivity contribution in [3.63, 3.8) is 0 Å². The molecule has 0 amide bonds. The second-order valence-electron chi connectivity index (χ2n) is 6.57. The van der Waals surface area contributed by atoms with E-state index < -0.39 is 37.1 Å². The van der Waals surface area contributed by atoms with E-state index in [1.165, 1.54) is 42.3 Å². The zero-order chi connectivity index (χ0) is 21.6. The molecular formula is C17H18N4O6S2. The average Bonchev–Trinajstić information content (AvgIpc) is 3.23. The summed E-state index contributed by atoms with van der Waals surface area (Å²) in [6, 6.07) is 4.00. The van der Waals surface area contributed by atoms with Crippen LogP contribution in [0.4, 0.5) is 0 Å². The van der Waals surface area contributed by atoms with Gasteiger partial charge in [0, 0.05) is 43.1 Å². The molecule has 0 aliphatic heterocycles. The molecule has 0 atom stereocenters. The summed E-state index contributed by atoms with van der Waals surface area (Å²) in [6.45, 7) is 0. The lowest BCUT2D eigenvalue weighted by molar-refractivity contribution is 0.103. The minimum absolute atomic E-state index is 0.0304. The minimum Gasteiger partial charge on any atom is -0.493 e. The van der Waals surface area contributed by atoms with Crippen molar-refractivity contribution in [2.24, 2.45) is 7.05 Å². The van der Waals surface area contributed by atoms with Crippen LogP contribution in [0.5, 0.6) is 5.88 Å². The third kappa shape index (κ3) is 4.07. The highest BCUT2D eigenvalue weighted by Crippen LogP contribution is 2.31. The number of benzene rings is 1. The lowest BCUT2D eigenvalue weighted by atomic mass is 9.99. The summed E-state index contributed by atoms with van der Waals surface area (Å²) in [7, 11) is -6.01. The molecule has 29 heavy (non-hydrogen) atoms. The molecular weight excluding hydrogens is 420 g/mol. The molecule has 0 saturated heterocycles. The number of carbonyl (C=O) groups is 1. The first-order valence-corrected chi connectivity index (χ1v) is 12.1. The monoisotopic (exact) mass is 438 g/mol. The van der Waals surface area contributed by atoms with Crippen LogP contribution in [0, 0.1) is 0 Å². The molecule has 2 aromatic heterocycles.